The normalized spacial score (nSPS) is 15.4. The molecule has 14 heavy (non-hydrogen) atoms. The van der Waals surface area contributed by atoms with Crippen molar-refractivity contribution in [3.8, 4) is 0 Å². The maximum atomic E-state index is 11.7. The third-order valence-electron chi connectivity index (χ3n) is 2.52. The van der Waals surface area contributed by atoms with E-state index in [2.05, 4.69) is 20.8 Å². The zero-order valence-electron chi connectivity index (χ0n) is 10.2. The third kappa shape index (κ3) is 4.09. The third-order valence-corrected chi connectivity index (χ3v) is 2.52. The molecule has 2 atom stereocenters. The summed E-state index contributed by atoms with van der Waals surface area (Å²) in [6, 6.07) is 0.278. The van der Waals surface area contributed by atoms with Crippen LogP contribution >= 0.6 is 0 Å². The van der Waals surface area contributed by atoms with Gasteiger partial charge in [-0.15, -0.1) is 0 Å². The monoisotopic (exact) mass is 201 g/mol. The molecular formula is C11H23NO2. The number of carbonyl (C=O) groups excluding carboxylic acids is 1. The smallest absolute Gasteiger partial charge is 0.251 e. The van der Waals surface area contributed by atoms with Crippen molar-refractivity contribution >= 4 is 5.91 Å². The predicted molar refractivity (Wildman–Crippen MR) is 58.2 cm³/mol. The summed E-state index contributed by atoms with van der Waals surface area (Å²) in [6.45, 7) is 8.17. The number of nitrogens with zero attached hydrogens (tertiary/aromatic N) is 1. The second-order valence-corrected chi connectivity index (χ2v) is 4.31. The van der Waals surface area contributed by atoms with E-state index in [-0.39, 0.29) is 18.1 Å². The number of hydrogen-bond acceptors (Lipinski definition) is 2. The number of rotatable bonds is 5. The zero-order valence-corrected chi connectivity index (χ0v) is 10.2. The van der Waals surface area contributed by atoms with Gasteiger partial charge in [0, 0.05) is 20.2 Å². The average molecular weight is 201 g/mol. The van der Waals surface area contributed by atoms with Crippen molar-refractivity contribution < 1.29 is 9.53 Å². The van der Waals surface area contributed by atoms with Crippen LogP contribution in [0.4, 0.5) is 0 Å². The van der Waals surface area contributed by atoms with Crippen LogP contribution in [0.1, 0.15) is 34.1 Å². The highest BCUT2D eigenvalue weighted by Crippen LogP contribution is 2.11. The molecule has 0 aliphatic rings. The highest BCUT2D eigenvalue weighted by molar-refractivity contribution is 5.80. The molecule has 0 fully saturated rings. The molecule has 0 aromatic heterocycles. The second-order valence-electron chi connectivity index (χ2n) is 4.31. The zero-order chi connectivity index (χ0) is 11.3. The van der Waals surface area contributed by atoms with Gasteiger partial charge in [0.05, 0.1) is 0 Å². The Morgan fingerprint density at radius 1 is 1.29 bits per heavy atom. The Kier molecular flexibility index (Phi) is 5.77. The van der Waals surface area contributed by atoms with Crippen LogP contribution in [0.5, 0.6) is 0 Å². The quantitative estimate of drug-likeness (QED) is 0.680. The molecule has 0 aliphatic heterocycles. The minimum Gasteiger partial charge on any atom is -0.372 e. The lowest BCUT2D eigenvalue weighted by Gasteiger charge is -2.28. The van der Waals surface area contributed by atoms with Crippen molar-refractivity contribution in [2.45, 2.75) is 46.3 Å². The van der Waals surface area contributed by atoms with Crippen LogP contribution < -0.4 is 0 Å². The number of hydrogen-bond donors (Lipinski definition) is 0. The summed E-state index contributed by atoms with van der Waals surface area (Å²) in [7, 11) is 3.40. The number of carbonyl (C=O) groups is 1. The summed E-state index contributed by atoms with van der Waals surface area (Å²) in [6.07, 6.45) is 0.688. The Labute approximate surface area is 87.4 Å². The molecule has 3 nitrogen and oxygen atoms in total. The largest absolute Gasteiger partial charge is 0.372 e. The lowest BCUT2D eigenvalue weighted by atomic mass is 10.0. The Morgan fingerprint density at radius 2 is 1.79 bits per heavy atom. The van der Waals surface area contributed by atoms with E-state index in [0.29, 0.717) is 5.92 Å². The first-order valence-corrected chi connectivity index (χ1v) is 5.19. The van der Waals surface area contributed by atoms with Gasteiger partial charge >= 0.3 is 0 Å². The summed E-state index contributed by atoms with van der Waals surface area (Å²) >= 11 is 0. The van der Waals surface area contributed by atoms with E-state index < -0.39 is 0 Å². The van der Waals surface area contributed by atoms with E-state index in [0.717, 1.165) is 6.42 Å². The highest BCUT2D eigenvalue weighted by atomic mass is 16.5. The number of likely N-dealkylation sites (N-methyl/N-ethyl adjacent to an activating group) is 1. The maximum Gasteiger partial charge on any atom is 0.251 e. The molecule has 0 radical (unpaired) electrons. The van der Waals surface area contributed by atoms with Gasteiger partial charge in [0.2, 0.25) is 0 Å². The summed E-state index contributed by atoms with van der Waals surface area (Å²) in [5, 5.41) is 0. The predicted octanol–water partition coefficient (Wildman–Crippen LogP) is 1.91. The van der Waals surface area contributed by atoms with Crippen LogP contribution in [0.15, 0.2) is 0 Å². The first-order chi connectivity index (χ1) is 6.40. The number of ether oxygens (including phenoxy) is 1. The van der Waals surface area contributed by atoms with Crippen molar-refractivity contribution in [1.29, 1.82) is 0 Å². The van der Waals surface area contributed by atoms with Gasteiger partial charge in [0.15, 0.2) is 0 Å². The highest BCUT2D eigenvalue weighted by Gasteiger charge is 2.21. The molecule has 1 amide bonds. The van der Waals surface area contributed by atoms with Crippen molar-refractivity contribution in [2.75, 3.05) is 14.2 Å². The molecular weight excluding hydrogens is 178 g/mol. The van der Waals surface area contributed by atoms with E-state index in [1.54, 1.807) is 18.9 Å². The van der Waals surface area contributed by atoms with Gasteiger partial charge in [-0.2, -0.15) is 0 Å². The molecule has 0 heterocycles. The van der Waals surface area contributed by atoms with Crippen LogP contribution in [0, 0.1) is 5.92 Å². The second kappa shape index (κ2) is 6.02. The summed E-state index contributed by atoms with van der Waals surface area (Å²) in [5.41, 5.74) is 0. The summed E-state index contributed by atoms with van der Waals surface area (Å²) < 4.78 is 5.00. The topological polar surface area (TPSA) is 29.5 Å². The molecule has 0 spiro atoms. The van der Waals surface area contributed by atoms with E-state index in [4.69, 9.17) is 4.74 Å². The van der Waals surface area contributed by atoms with E-state index >= 15 is 0 Å². The van der Waals surface area contributed by atoms with E-state index in [1.807, 2.05) is 7.05 Å². The lowest BCUT2D eigenvalue weighted by molar-refractivity contribution is -0.141. The van der Waals surface area contributed by atoms with Crippen LogP contribution in [-0.4, -0.2) is 37.1 Å². The van der Waals surface area contributed by atoms with Gasteiger partial charge in [-0.3, -0.25) is 4.79 Å². The van der Waals surface area contributed by atoms with Gasteiger partial charge in [-0.1, -0.05) is 13.8 Å². The van der Waals surface area contributed by atoms with E-state index in [9.17, 15) is 4.79 Å². The molecule has 0 N–H and O–H groups in total. The Hall–Kier alpha value is -0.570. The van der Waals surface area contributed by atoms with Crippen LogP contribution in [-0.2, 0) is 9.53 Å². The lowest BCUT2D eigenvalue weighted by Crippen LogP contribution is -2.41. The fraction of sp³-hybridized carbons (Fsp3) is 0.909. The molecule has 0 aromatic carbocycles. The molecule has 0 bridgehead atoms. The first kappa shape index (κ1) is 13.4. The van der Waals surface area contributed by atoms with Gasteiger partial charge in [0.1, 0.15) is 6.10 Å². The summed E-state index contributed by atoms with van der Waals surface area (Å²) in [4.78, 5) is 13.5. The number of amides is 1. The molecule has 0 saturated heterocycles. The minimum absolute atomic E-state index is 0.0562. The van der Waals surface area contributed by atoms with Crippen molar-refractivity contribution in [3.63, 3.8) is 0 Å². The molecule has 3 heteroatoms. The summed E-state index contributed by atoms with van der Waals surface area (Å²) in [5.74, 6) is 0.666. The van der Waals surface area contributed by atoms with Crippen LogP contribution in [0.3, 0.4) is 0 Å². The van der Waals surface area contributed by atoms with Crippen LogP contribution in [0.25, 0.3) is 0 Å². The van der Waals surface area contributed by atoms with Gasteiger partial charge in [-0.25, -0.2) is 0 Å². The van der Waals surface area contributed by atoms with Gasteiger partial charge < -0.3 is 9.64 Å². The maximum absolute atomic E-state index is 11.7. The molecule has 0 aliphatic carbocycles. The SMILES string of the molecule is COC(C)C(=O)N(C)C(C)CC(C)C. The van der Waals surface area contributed by atoms with Crippen molar-refractivity contribution in [2.24, 2.45) is 5.92 Å². The standard InChI is InChI=1S/C11H23NO2/c1-8(2)7-9(3)12(5)11(13)10(4)14-6/h8-10H,7H2,1-6H3. The fourth-order valence-corrected chi connectivity index (χ4v) is 1.45. The van der Waals surface area contributed by atoms with E-state index in [1.165, 1.54) is 0 Å². The first-order valence-electron chi connectivity index (χ1n) is 5.19. The van der Waals surface area contributed by atoms with Gasteiger partial charge in [0.25, 0.3) is 5.91 Å². The molecule has 84 valence electrons. The van der Waals surface area contributed by atoms with Crippen LogP contribution in [0.2, 0.25) is 0 Å². The number of methoxy groups -OCH3 is 1. The van der Waals surface area contributed by atoms with Crippen molar-refractivity contribution in [1.82, 2.24) is 4.90 Å². The molecule has 0 rings (SSSR count). The Bertz CT molecular complexity index is 180. The Morgan fingerprint density at radius 3 is 2.14 bits per heavy atom. The molecule has 2 unspecified atom stereocenters. The fourth-order valence-electron chi connectivity index (χ4n) is 1.45. The van der Waals surface area contributed by atoms with Gasteiger partial charge in [-0.05, 0) is 26.2 Å². The molecule has 0 aromatic rings. The average Bonchev–Trinajstić information content (AvgIpc) is 2.13. The molecule has 0 saturated carbocycles. The van der Waals surface area contributed by atoms with Crippen molar-refractivity contribution in [3.05, 3.63) is 0 Å². The minimum atomic E-state index is -0.338. The Balaban J connectivity index is 4.16.